The van der Waals surface area contributed by atoms with E-state index in [1.165, 1.54) is 17.4 Å². The lowest BCUT2D eigenvalue weighted by Gasteiger charge is -2.09. The number of halogens is 1. The molecule has 3 rings (SSSR count). The lowest BCUT2D eigenvalue weighted by Crippen LogP contribution is -2.32. The van der Waals surface area contributed by atoms with E-state index in [2.05, 4.69) is 31.8 Å². The van der Waals surface area contributed by atoms with Crippen molar-refractivity contribution in [3.05, 3.63) is 96.3 Å². The fourth-order valence-electron chi connectivity index (χ4n) is 2.49. The first-order chi connectivity index (χ1) is 15.3. The van der Waals surface area contributed by atoms with Crippen molar-refractivity contribution in [2.45, 2.75) is 0 Å². The molecule has 0 fully saturated rings. The highest BCUT2D eigenvalue weighted by Gasteiger charge is 2.16. The SMILES string of the molecule is O=C(N/N=C\c1cc([N+](=O)[O-])cc(Br)c1O)/C(=C\c1cccs1)NC(=O)c1ccccc1. The maximum atomic E-state index is 12.7. The monoisotopic (exact) mass is 514 g/mol. The average molecular weight is 515 g/mol. The number of hydrogen-bond donors (Lipinski definition) is 3. The molecule has 0 radical (unpaired) electrons. The van der Waals surface area contributed by atoms with Crippen LogP contribution in [0.1, 0.15) is 20.8 Å². The molecule has 0 aliphatic heterocycles. The van der Waals surface area contributed by atoms with E-state index < -0.39 is 16.7 Å². The predicted molar refractivity (Wildman–Crippen MR) is 124 cm³/mol. The smallest absolute Gasteiger partial charge is 0.287 e. The van der Waals surface area contributed by atoms with E-state index in [1.54, 1.807) is 42.5 Å². The molecule has 3 aromatic rings. The van der Waals surface area contributed by atoms with Gasteiger partial charge < -0.3 is 10.4 Å². The van der Waals surface area contributed by atoms with Gasteiger partial charge in [0.15, 0.2) is 0 Å². The largest absolute Gasteiger partial charge is 0.506 e. The Labute approximate surface area is 194 Å². The van der Waals surface area contributed by atoms with Gasteiger partial charge >= 0.3 is 0 Å². The number of amides is 2. The number of nitrogens with one attached hydrogen (secondary N) is 2. The number of phenols is 1. The van der Waals surface area contributed by atoms with Gasteiger partial charge in [-0.1, -0.05) is 24.3 Å². The Kier molecular flexibility index (Phi) is 7.47. The fourth-order valence-corrected chi connectivity index (χ4v) is 3.61. The summed E-state index contributed by atoms with van der Waals surface area (Å²) in [5, 5.41) is 29.2. The number of aromatic hydroxyl groups is 1. The van der Waals surface area contributed by atoms with Gasteiger partial charge in [0.05, 0.1) is 15.6 Å². The summed E-state index contributed by atoms with van der Waals surface area (Å²) < 4.78 is 0.105. The van der Waals surface area contributed by atoms with Crippen molar-refractivity contribution in [2.75, 3.05) is 0 Å². The van der Waals surface area contributed by atoms with Gasteiger partial charge in [0.25, 0.3) is 17.5 Å². The number of carbonyl (C=O) groups excluding carboxylic acids is 2. The summed E-state index contributed by atoms with van der Waals surface area (Å²) in [5.74, 6) is -1.48. The molecule has 0 saturated carbocycles. The van der Waals surface area contributed by atoms with Gasteiger partial charge in [-0.05, 0) is 45.6 Å². The summed E-state index contributed by atoms with van der Waals surface area (Å²) in [6.07, 6.45) is 2.56. The van der Waals surface area contributed by atoms with E-state index in [9.17, 15) is 24.8 Å². The summed E-state index contributed by atoms with van der Waals surface area (Å²) in [4.78, 5) is 36.3. The van der Waals surface area contributed by atoms with Crippen LogP contribution >= 0.6 is 27.3 Å². The number of benzene rings is 2. The highest BCUT2D eigenvalue weighted by Crippen LogP contribution is 2.31. The van der Waals surface area contributed by atoms with Crippen LogP contribution in [0.2, 0.25) is 0 Å². The lowest BCUT2D eigenvalue weighted by atomic mass is 10.2. The van der Waals surface area contributed by atoms with Gasteiger partial charge in [-0.15, -0.1) is 11.3 Å². The van der Waals surface area contributed by atoms with Crippen LogP contribution in [0, 0.1) is 10.1 Å². The second-order valence-corrected chi connectivity index (χ2v) is 8.05. The van der Waals surface area contributed by atoms with Gasteiger partial charge in [0.1, 0.15) is 11.4 Å². The Morgan fingerprint density at radius 3 is 2.56 bits per heavy atom. The Morgan fingerprint density at radius 1 is 1.16 bits per heavy atom. The molecule has 0 unspecified atom stereocenters. The number of hydrazone groups is 1. The van der Waals surface area contributed by atoms with E-state index in [-0.39, 0.29) is 27.2 Å². The topological polar surface area (TPSA) is 134 Å². The quantitative estimate of drug-likeness (QED) is 0.189. The first-order valence-corrected chi connectivity index (χ1v) is 10.6. The number of nitro groups is 1. The third-order valence-corrected chi connectivity index (χ3v) is 5.44. The summed E-state index contributed by atoms with van der Waals surface area (Å²) in [5.41, 5.74) is 2.32. The van der Waals surface area contributed by atoms with Crippen LogP contribution in [0.15, 0.2) is 75.2 Å². The van der Waals surface area contributed by atoms with Gasteiger partial charge in [0.2, 0.25) is 0 Å². The molecule has 0 bridgehead atoms. The minimum absolute atomic E-state index is 0.0171. The van der Waals surface area contributed by atoms with Crippen LogP contribution in [0.3, 0.4) is 0 Å². The molecule has 0 saturated heterocycles. The number of hydrogen-bond acceptors (Lipinski definition) is 7. The zero-order chi connectivity index (χ0) is 23.1. The second-order valence-electron chi connectivity index (χ2n) is 6.22. The number of nitro benzene ring substituents is 1. The summed E-state index contributed by atoms with van der Waals surface area (Å²) >= 11 is 4.40. The third kappa shape index (κ3) is 5.86. The molecular formula is C21H15BrN4O5S. The van der Waals surface area contributed by atoms with Crippen LogP contribution in [0.5, 0.6) is 5.75 Å². The normalized spacial score (nSPS) is 11.3. The van der Waals surface area contributed by atoms with Crippen LogP contribution < -0.4 is 10.7 Å². The Hall–Kier alpha value is -3.83. The van der Waals surface area contributed by atoms with Crippen molar-refractivity contribution >= 4 is 57.1 Å². The number of nitrogens with zero attached hydrogens (tertiary/aromatic N) is 2. The van der Waals surface area contributed by atoms with Crippen LogP contribution in [-0.2, 0) is 4.79 Å². The standard InChI is InChI=1S/C21H15BrN4O5S/c22-17-10-15(26(30)31)9-14(19(17)27)12-23-25-21(29)18(11-16-7-4-8-32-16)24-20(28)13-5-2-1-3-6-13/h1-12,27H,(H,24,28)(H,25,29)/b18-11+,23-12-. The van der Waals surface area contributed by atoms with Gasteiger partial charge in [0, 0.05) is 28.1 Å². The summed E-state index contributed by atoms with van der Waals surface area (Å²) in [6.45, 7) is 0. The molecule has 2 amide bonds. The van der Waals surface area contributed by atoms with Crippen molar-refractivity contribution in [1.29, 1.82) is 0 Å². The molecule has 1 aromatic heterocycles. The maximum absolute atomic E-state index is 12.7. The van der Waals surface area contributed by atoms with Crippen molar-refractivity contribution in [3.8, 4) is 5.75 Å². The average Bonchev–Trinajstić information content (AvgIpc) is 3.29. The van der Waals surface area contributed by atoms with Gasteiger partial charge in [-0.2, -0.15) is 5.10 Å². The Bertz CT molecular complexity index is 1210. The first kappa shape index (κ1) is 22.8. The molecule has 3 N–H and O–H groups in total. The molecule has 2 aromatic carbocycles. The number of carbonyl (C=O) groups is 2. The molecule has 0 atom stereocenters. The summed E-state index contributed by atoms with van der Waals surface area (Å²) in [6, 6.07) is 14.2. The molecular weight excluding hydrogens is 500 g/mol. The van der Waals surface area contributed by atoms with Crippen molar-refractivity contribution in [2.24, 2.45) is 5.10 Å². The zero-order valence-electron chi connectivity index (χ0n) is 16.2. The molecule has 9 nitrogen and oxygen atoms in total. The molecule has 11 heteroatoms. The van der Waals surface area contributed by atoms with E-state index in [0.717, 1.165) is 23.2 Å². The number of phenolic OH excluding ortho intramolecular Hbond substituents is 1. The third-order valence-electron chi connectivity index (χ3n) is 4.02. The van der Waals surface area contributed by atoms with E-state index >= 15 is 0 Å². The number of rotatable bonds is 7. The summed E-state index contributed by atoms with van der Waals surface area (Å²) in [7, 11) is 0. The molecule has 162 valence electrons. The molecule has 32 heavy (non-hydrogen) atoms. The maximum Gasteiger partial charge on any atom is 0.287 e. The first-order valence-electron chi connectivity index (χ1n) is 8.97. The van der Waals surface area contributed by atoms with Crippen molar-refractivity contribution in [3.63, 3.8) is 0 Å². The molecule has 0 spiro atoms. The Balaban J connectivity index is 1.80. The molecule has 0 aliphatic carbocycles. The van der Waals surface area contributed by atoms with Crippen LogP contribution in [0.25, 0.3) is 6.08 Å². The Morgan fingerprint density at radius 2 is 1.91 bits per heavy atom. The minimum Gasteiger partial charge on any atom is -0.506 e. The second kappa shape index (κ2) is 10.5. The van der Waals surface area contributed by atoms with E-state index in [4.69, 9.17) is 0 Å². The van der Waals surface area contributed by atoms with Crippen LogP contribution in [0.4, 0.5) is 5.69 Å². The fraction of sp³-hybridized carbons (Fsp3) is 0. The lowest BCUT2D eigenvalue weighted by molar-refractivity contribution is -0.385. The minimum atomic E-state index is -0.720. The molecule has 0 aliphatic rings. The highest BCUT2D eigenvalue weighted by atomic mass is 79.9. The van der Waals surface area contributed by atoms with Crippen molar-refractivity contribution < 1.29 is 19.6 Å². The van der Waals surface area contributed by atoms with Gasteiger partial charge in [-0.3, -0.25) is 19.7 Å². The number of non-ortho nitro benzene ring substituents is 1. The highest BCUT2D eigenvalue weighted by molar-refractivity contribution is 9.10. The van der Waals surface area contributed by atoms with E-state index in [1.807, 2.05) is 5.38 Å². The van der Waals surface area contributed by atoms with Crippen LogP contribution in [-0.4, -0.2) is 28.1 Å². The molecule has 1 heterocycles. The van der Waals surface area contributed by atoms with E-state index in [0.29, 0.717) is 5.56 Å². The predicted octanol–water partition coefficient (Wildman–Crippen LogP) is 4.05. The number of thiophene rings is 1. The zero-order valence-corrected chi connectivity index (χ0v) is 18.6. The van der Waals surface area contributed by atoms with Gasteiger partial charge in [-0.25, -0.2) is 5.43 Å². The van der Waals surface area contributed by atoms with Crippen molar-refractivity contribution in [1.82, 2.24) is 10.7 Å².